The Morgan fingerprint density at radius 1 is 1.44 bits per heavy atom. The monoisotopic (exact) mass is 369 g/mol. The van der Waals surface area contributed by atoms with Crippen molar-refractivity contribution >= 4 is 5.97 Å². The van der Waals surface area contributed by atoms with Gasteiger partial charge in [0.2, 0.25) is 0 Å². The Balaban J connectivity index is 1.57. The molecule has 0 bridgehead atoms. The number of aliphatic carboxylic acids is 1. The van der Waals surface area contributed by atoms with Gasteiger partial charge in [-0.3, -0.25) is 14.9 Å². The minimum Gasteiger partial charge on any atom is -0.487 e. The van der Waals surface area contributed by atoms with Crippen molar-refractivity contribution in [2.75, 3.05) is 6.61 Å². The van der Waals surface area contributed by atoms with Gasteiger partial charge in [-0.25, -0.2) is 4.39 Å². The van der Waals surface area contributed by atoms with Gasteiger partial charge in [0.15, 0.2) is 0 Å². The third-order valence-electron chi connectivity index (χ3n) is 4.46. The van der Waals surface area contributed by atoms with E-state index >= 15 is 0 Å². The number of aromatic nitrogens is 3. The lowest BCUT2D eigenvalue weighted by Crippen LogP contribution is -2.03. The quantitative estimate of drug-likeness (QED) is 0.689. The zero-order valence-corrected chi connectivity index (χ0v) is 14.9. The minimum atomic E-state index is -0.908. The van der Waals surface area contributed by atoms with Gasteiger partial charge < -0.3 is 9.84 Å². The summed E-state index contributed by atoms with van der Waals surface area (Å²) in [5.41, 5.74) is 2.40. The Kier molecular flexibility index (Phi) is 5.49. The molecule has 27 heavy (non-hydrogen) atoms. The van der Waals surface area contributed by atoms with Crippen molar-refractivity contribution in [1.82, 2.24) is 15.2 Å². The lowest BCUT2D eigenvalue weighted by molar-refractivity contribution is -0.138. The van der Waals surface area contributed by atoms with Crippen LogP contribution in [0.2, 0.25) is 0 Å². The second-order valence-electron chi connectivity index (χ2n) is 6.31. The van der Waals surface area contributed by atoms with Crippen LogP contribution in [0.25, 0.3) is 11.4 Å². The molecule has 2 aromatic rings. The molecule has 0 aromatic carbocycles. The van der Waals surface area contributed by atoms with E-state index in [-0.39, 0.29) is 18.1 Å². The highest BCUT2D eigenvalue weighted by molar-refractivity contribution is 5.74. The number of pyridine rings is 1. The lowest BCUT2D eigenvalue weighted by atomic mass is 10.1. The molecule has 1 fully saturated rings. The molecule has 0 spiro atoms. The number of carboxylic acids is 1. The van der Waals surface area contributed by atoms with Crippen LogP contribution in [0, 0.1) is 11.8 Å². The normalized spacial score (nSPS) is 19.6. The Morgan fingerprint density at radius 3 is 2.81 bits per heavy atom. The van der Waals surface area contributed by atoms with E-state index in [4.69, 9.17) is 9.84 Å². The van der Waals surface area contributed by atoms with Gasteiger partial charge in [0.25, 0.3) is 0 Å². The van der Waals surface area contributed by atoms with Gasteiger partial charge >= 0.3 is 5.97 Å². The maximum absolute atomic E-state index is 14.3. The average molecular weight is 369 g/mol. The highest BCUT2D eigenvalue weighted by Gasteiger charge is 2.45. The maximum Gasteiger partial charge on any atom is 0.307 e. The van der Waals surface area contributed by atoms with Crippen molar-refractivity contribution in [3.05, 3.63) is 66.3 Å². The number of nitrogens with one attached hydrogen (secondary N) is 1. The van der Waals surface area contributed by atoms with E-state index in [0.717, 1.165) is 11.4 Å². The summed E-state index contributed by atoms with van der Waals surface area (Å²) in [6.45, 7) is 5.64. The minimum absolute atomic E-state index is 0.162. The number of aromatic amines is 1. The Labute approximate surface area is 156 Å². The fourth-order valence-corrected chi connectivity index (χ4v) is 2.68. The van der Waals surface area contributed by atoms with Crippen molar-refractivity contribution in [3.8, 4) is 17.1 Å². The SMILES string of the molecule is C=C(/C(F)=C\C(=C/C)COc1ccc(-c2ccn[nH]2)nc1)C1CC1C(=O)O. The summed E-state index contributed by atoms with van der Waals surface area (Å²) in [6.07, 6.45) is 6.75. The fraction of sp³-hybridized carbons (Fsp3) is 0.250. The number of halogens is 1. The summed E-state index contributed by atoms with van der Waals surface area (Å²) in [5.74, 6) is -1.71. The molecule has 0 aliphatic heterocycles. The largest absolute Gasteiger partial charge is 0.487 e. The summed E-state index contributed by atoms with van der Waals surface area (Å²) in [4.78, 5) is 15.2. The first kappa shape index (κ1) is 18.6. The third-order valence-corrected chi connectivity index (χ3v) is 4.46. The molecule has 2 N–H and O–H groups in total. The molecule has 1 aliphatic carbocycles. The molecule has 0 amide bonds. The zero-order valence-electron chi connectivity index (χ0n) is 14.9. The fourth-order valence-electron chi connectivity index (χ4n) is 2.68. The van der Waals surface area contributed by atoms with Crippen LogP contribution in [-0.2, 0) is 4.79 Å². The van der Waals surface area contributed by atoms with Gasteiger partial charge in [0, 0.05) is 12.1 Å². The van der Waals surface area contributed by atoms with E-state index in [1.807, 2.05) is 6.07 Å². The Morgan fingerprint density at radius 2 is 2.26 bits per heavy atom. The van der Waals surface area contributed by atoms with E-state index in [1.54, 1.807) is 37.5 Å². The number of hydrogen-bond donors (Lipinski definition) is 2. The average Bonchev–Trinajstić information content (AvgIpc) is 3.30. The second kappa shape index (κ2) is 7.99. The molecular weight excluding hydrogens is 349 g/mol. The van der Waals surface area contributed by atoms with Crippen molar-refractivity contribution in [3.63, 3.8) is 0 Å². The van der Waals surface area contributed by atoms with E-state index in [1.165, 1.54) is 6.08 Å². The Hall–Kier alpha value is -3.22. The molecule has 2 heterocycles. The smallest absolute Gasteiger partial charge is 0.307 e. The lowest BCUT2D eigenvalue weighted by Gasteiger charge is -2.08. The van der Waals surface area contributed by atoms with Crippen molar-refractivity contribution in [2.45, 2.75) is 13.3 Å². The molecule has 140 valence electrons. The first-order valence-electron chi connectivity index (χ1n) is 8.52. The van der Waals surface area contributed by atoms with E-state index in [2.05, 4.69) is 21.8 Å². The van der Waals surface area contributed by atoms with Crippen LogP contribution in [0.15, 0.2) is 66.3 Å². The molecule has 2 aromatic heterocycles. The van der Waals surface area contributed by atoms with Crippen molar-refractivity contribution in [2.24, 2.45) is 11.8 Å². The van der Waals surface area contributed by atoms with Crippen LogP contribution >= 0.6 is 0 Å². The molecule has 2 unspecified atom stereocenters. The number of rotatable bonds is 8. The van der Waals surface area contributed by atoms with Crippen molar-refractivity contribution in [1.29, 1.82) is 0 Å². The number of hydrogen-bond acceptors (Lipinski definition) is 4. The maximum atomic E-state index is 14.3. The summed E-state index contributed by atoms with van der Waals surface area (Å²) in [7, 11) is 0. The van der Waals surface area contributed by atoms with E-state index < -0.39 is 17.7 Å². The number of ether oxygens (including phenoxy) is 1. The number of carbonyl (C=O) groups is 1. The topological polar surface area (TPSA) is 88.1 Å². The summed E-state index contributed by atoms with van der Waals surface area (Å²) < 4.78 is 20.0. The number of nitrogens with zero attached hydrogens (tertiary/aromatic N) is 2. The van der Waals surface area contributed by atoms with Crippen molar-refractivity contribution < 1.29 is 19.0 Å². The number of H-pyrrole nitrogens is 1. The summed E-state index contributed by atoms with van der Waals surface area (Å²) in [5, 5.41) is 15.7. The molecule has 2 atom stereocenters. The molecular formula is C20H20FN3O3. The third kappa shape index (κ3) is 4.49. The predicted octanol–water partition coefficient (Wildman–Crippen LogP) is 3.93. The standard InChI is InChI=1S/C20H20FN3O3/c1-3-13(8-17(21)12(2)15-9-16(15)20(25)26)11-27-14-4-5-18(22-10-14)19-6-7-23-24-19/h3-8,10,15-16H,2,9,11H2,1H3,(H,23,24)(H,25,26)/b13-3+,17-8+. The van der Waals surface area contributed by atoms with E-state index in [0.29, 0.717) is 17.7 Å². The molecule has 1 aliphatic rings. The van der Waals surface area contributed by atoms with Crippen LogP contribution < -0.4 is 4.74 Å². The number of allylic oxidation sites excluding steroid dienone is 3. The zero-order chi connectivity index (χ0) is 19.4. The predicted molar refractivity (Wildman–Crippen MR) is 98.6 cm³/mol. The van der Waals surface area contributed by atoms with Crippen LogP contribution in [0.4, 0.5) is 4.39 Å². The highest BCUT2D eigenvalue weighted by Crippen LogP contribution is 2.46. The van der Waals surface area contributed by atoms with Gasteiger partial charge in [-0.2, -0.15) is 5.10 Å². The first-order chi connectivity index (χ1) is 13.0. The van der Waals surface area contributed by atoms with Gasteiger partial charge in [0.1, 0.15) is 18.2 Å². The molecule has 3 rings (SSSR count). The van der Waals surface area contributed by atoms with Crippen LogP contribution in [0.1, 0.15) is 13.3 Å². The van der Waals surface area contributed by atoms with Gasteiger partial charge in [-0.15, -0.1) is 0 Å². The van der Waals surface area contributed by atoms with Crippen LogP contribution in [0.5, 0.6) is 5.75 Å². The summed E-state index contributed by atoms with van der Waals surface area (Å²) in [6, 6.07) is 5.39. The summed E-state index contributed by atoms with van der Waals surface area (Å²) >= 11 is 0. The van der Waals surface area contributed by atoms with Crippen LogP contribution in [-0.4, -0.2) is 32.9 Å². The van der Waals surface area contributed by atoms with E-state index in [9.17, 15) is 9.18 Å². The Bertz CT molecular complexity index is 886. The van der Waals surface area contributed by atoms with Crippen LogP contribution in [0.3, 0.4) is 0 Å². The number of carboxylic acid groups (broad SMARTS) is 1. The first-order valence-corrected chi connectivity index (χ1v) is 8.52. The van der Waals surface area contributed by atoms with Gasteiger partial charge in [-0.05, 0) is 48.8 Å². The molecule has 7 heteroatoms. The molecule has 1 saturated carbocycles. The highest BCUT2D eigenvalue weighted by atomic mass is 19.1. The van der Waals surface area contributed by atoms with Gasteiger partial charge in [-0.1, -0.05) is 12.7 Å². The molecule has 0 radical (unpaired) electrons. The second-order valence-corrected chi connectivity index (χ2v) is 6.31. The molecule has 0 saturated heterocycles. The molecule has 6 nitrogen and oxygen atoms in total. The van der Waals surface area contributed by atoms with Gasteiger partial charge in [0.05, 0.1) is 23.5 Å².